The minimum atomic E-state index is -1.29. The third-order valence-corrected chi connectivity index (χ3v) is 6.37. The van der Waals surface area contributed by atoms with E-state index in [1.54, 1.807) is 52.8 Å². The predicted octanol–water partition coefficient (Wildman–Crippen LogP) is 4.25. The molecule has 1 N–H and O–H groups in total. The maximum Gasteiger partial charge on any atom is 0.408 e. The summed E-state index contributed by atoms with van der Waals surface area (Å²) in [4.78, 5) is 49.6. The van der Waals surface area contributed by atoms with Crippen molar-refractivity contribution in [1.29, 1.82) is 0 Å². The van der Waals surface area contributed by atoms with E-state index in [1.165, 1.54) is 20.3 Å². The van der Waals surface area contributed by atoms with Gasteiger partial charge in [0.25, 0.3) is 17.3 Å². The van der Waals surface area contributed by atoms with E-state index in [-0.39, 0.29) is 30.8 Å². The van der Waals surface area contributed by atoms with Crippen molar-refractivity contribution in [2.24, 2.45) is 0 Å². The normalized spacial score (nSPS) is 13.7. The summed E-state index contributed by atoms with van der Waals surface area (Å²) < 4.78 is 22.1. The van der Waals surface area contributed by atoms with Crippen molar-refractivity contribution in [3.05, 3.63) is 61.7 Å². The molecule has 0 bridgehead atoms. The number of nitrogens with one attached hydrogen (secondary N) is 1. The van der Waals surface area contributed by atoms with Crippen molar-refractivity contribution in [2.75, 3.05) is 32.3 Å². The molecule has 2 amide bonds. The second kappa shape index (κ2) is 12.0. The van der Waals surface area contributed by atoms with E-state index < -0.39 is 50.5 Å². The molecule has 0 radical (unpaired) electrons. The molecule has 0 saturated carbocycles. The van der Waals surface area contributed by atoms with Crippen LogP contribution in [0, 0.1) is 20.2 Å². The van der Waals surface area contributed by atoms with Gasteiger partial charge in [-0.15, -0.1) is 0 Å². The lowest BCUT2D eigenvalue weighted by Crippen LogP contribution is -2.52. The number of non-ortho nitro benzene ring substituents is 1. The number of methoxy groups -OCH3 is 2. The monoisotopic (exact) mass is 574 g/mol. The summed E-state index contributed by atoms with van der Waals surface area (Å²) in [6.45, 7) is 8.35. The van der Waals surface area contributed by atoms with Crippen molar-refractivity contribution < 1.29 is 38.4 Å². The van der Waals surface area contributed by atoms with Crippen molar-refractivity contribution in [1.82, 2.24) is 5.32 Å². The van der Waals surface area contributed by atoms with Crippen LogP contribution < -0.4 is 19.7 Å². The van der Waals surface area contributed by atoms with Crippen LogP contribution in [0.15, 0.2) is 30.3 Å². The summed E-state index contributed by atoms with van der Waals surface area (Å²) in [5.41, 5.74) is -2.11. The van der Waals surface area contributed by atoms with E-state index in [0.29, 0.717) is 17.1 Å². The molecule has 0 fully saturated rings. The lowest BCUT2D eigenvalue weighted by Gasteiger charge is -2.30. The highest BCUT2D eigenvalue weighted by atomic mass is 16.6. The topological polar surface area (TPSA) is 173 Å². The summed E-state index contributed by atoms with van der Waals surface area (Å²) in [6.07, 6.45) is -0.781. The van der Waals surface area contributed by atoms with Crippen LogP contribution in [0.5, 0.6) is 11.5 Å². The highest BCUT2D eigenvalue weighted by molar-refractivity contribution is 6.02. The molecule has 1 atom stereocenters. The predicted molar refractivity (Wildman–Crippen MR) is 147 cm³/mol. The molecule has 0 spiro atoms. The largest absolute Gasteiger partial charge is 0.497 e. The lowest BCUT2D eigenvalue weighted by molar-refractivity contribution is -0.393. The Kier molecular flexibility index (Phi) is 9.06. The molecule has 41 heavy (non-hydrogen) atoms. The Morgan fingerprint density at radius 2 is 1.59 bits per heavy atom. The Labute approximate surface area is 236 Å². The number of nitrogens with zero attached hydrogens (tertiary/aromatic N) is 3. The smallest absolute Gasteiger partial charge is 0.408 e. The number of alkyl carbamates (subject to hydrolysis) is 1. The van der Waals surface area contributed by atoms with Gasteiger partial charge in [0.15, 0.2) is 0 Å². The van der Waals surface area contributed by atoms with Gasteiger partial charge in [0.2, 0.25) is 0 Å². The zero-order valence-corrected chi connectivity index (χ0v) is 24.0. The number of ether oxygens (including phenoxy) is 4. The molecule has 14 nitrogen and oxygen atoms in total. The molecule has 2 aromatic carbocycles. The van der Waals surface area contributed by atoms with E-state index in [0.717, 1.165) is 11.0 Å². The van der Waals surface area contributed by atoms with Crippen LogP contribution in [0.4, 0.5) is 21.9 Å². The fraction of sp³-hybridized carbons (Fsp3) is 0.481. The van der Waals surface area contributed by atoms with Gasteiger partial charge >= 0.3 is 6.09 Å². The van der Waals surface area contributed by atoms with E-state index in [4.69, 9.17) is 18.9 Å². The number of benzene rings is 2. The maximum atomic E-state index is 13.7. The Morgan fingerprint density at radius 1 is 0.976 bits per heavy atom. The van der Waals surface area contributed by atoms with Gasteiger partial charge in [-0.05, 0) is 58.7 Å². The molecule has 1 aliphatic rings. The Morgan fingerprint density at radius 3 is 2.10 bits per heavy atom. The molecular weight excluding hydrogens is 540 g/mol. The summed E-state index contributed by atoms with van der Waals surface area (Å²) in [5.74, 6) is 0.276. The van der Waals surface area contributed by atoms with Gasteiger partial charge < -0.3 is 29.2 Å². The van der Waals surface area contributed by atoms with Gasteiger partial charge in [-0.2, -0.15) is 0 Å². The number of hydrogen-bond acceptors (Lipinski definition) is 10. The molecule has 2 aromatic rings. The molecule has 3 rings (SSSR count). The number of anilines is 1. The van der Waals surface area contributed by atoms with Crippen molar-refractivity contribution in [3.8, 4) is 11.5 Å². The average molecular weight is 575 g/mol. The Hall–Kier alpha value is -4.46. The first-order valence-electron chi connectivity index (χ1n) is 12.7. The quantitative estimate of drug-likeness (QED) is 0.319. The van der Waals surface area contributed by atoms with Crippen LogP contribution in [0.1, 0.15) is 45.7 Å². The third kappa shape index (κ3) is 7.39. The highest BCUT2D eigenvalue weighted by Gasteiger charge is 2.39. The number of hydrogen-bond donors (Lipinski definition) is 1. The van der Waals surface area contributed by atoms with Gasteiger partial charge in [0.1, 0.15) is 28.8 Å². The second-order valence-corrected chi connectivity index (χ2v) is 10.8. The maximum absolute atomic E-state index is 13.7. The van der Waals surface area contributed by atoms with Crippen molar-refractivity contribution in [3.63, 3.8) is 0 Å². The van der Waals surface area contributed by atoms with E-state index in [1.807, 2.05) is 0 Å². The summed E-state index contributed by atoms with van der Waals surface area (Å²) in [7, 11) is 2.98. The first kappa shape index (κ1) is 31.1. The molecule has 0 unspecified atom stereocenters. The van der Waals surface area contributed by atoms with Crippen LogP contribution in [-0.2, 0) is 26.3 Å². The molecule has 1 heterocycles. The van der Waals surface area contributed by atoms with Crippen LogP contribution in [-0.4, -0.2) is 60.9 Å². The van der Waals surface area contributed by atoms with E-state index in [2.05, 4.69) is 5.32 Å². The van der Waals surface area contributed by atoms with Gasteiger partial charge in [-0.1, -0.05) is 0 Å². The minimum absolute atomic E-state index is 0.0218. The zero-order chi connectivity index (χ0) is 30.7. The standard InChI is InChI=1S/C27H34N4O10/c1-26(2,3)40-15-21(28-25(33)41-27(4,5)17-11-19(38-6)14-20(12-17)39-7)24(32)29-9-8-16-10-18(30(34)35)13-22(23(16)29)31(36)37/h10-14,21H,8-9,15H2,1-7H3,(H,28,33)/t21-/m0/s1. The molecule has 222 valence electrons. The number of rotatable bonds is 10. The Bertz CT molecular complexity index is 1330. The summed E-state index contributed by atoms with van der Waals surface area (Å²) >= 11 is 0. The van der Waals surface area contributed by atoms with Gasteiger partial charge in [-0.3, -0.25) is 25.0 Å². The number of carbonyl (C=O) groups excluding carboxylic acids is 2. The fourth-order valence-electron chi connectivity index (χ4n) is 4.29. The zero-order valence-electron chi connectivity index (χ0n) is 24.0. The molecule has 0 saturated heterocycles. The molecular formula is C27H34N4O10. The number of nitro benzene ring substituents is 2. The molecule has 0 aliphatic carbocycles. The van der Waals surface area contributed by atoms with Crippen LogP contribution in [0.25, 0.3) is 0 Å². The number of fused-ring (bicyclic) bond motifs is 1. The van der Waals surface area contributed by atoms with Crippen LogP contribution >= 0.6 is 0 Å². The van der Waals surface area contributed by atoms with Crippen LogP contribution in [0.2, 0.25) is 0 Å². The lowest BCUT2D eigenvalue weighted by atomic mass is 9.97. The second-order valence-electron chi connectivity index (χ2n) is 10.8. The minimum Gasteiger partial charge on any atom is -0.497 e. The van der Waals surface area contributed by atoms with E-state index >= 15 is 0 Å². The molecule has 1 aliphatic heterocycles. The van der Waals surface area contributed by atoms with E-state index in [9.17, 15) is 29.8 Å². The van der Waals surface area contributed by atoms with Crippen LogP contribution in [0.3, 0.4) is 0 Å². The summed E-state index contributed by atoms with van der Waals surface area (Å²) in [6, 6.07) is 5.76. The highest BCUT2D eigenvalue weighted by Crippen LogP contribution is 2.40. The SMILES string of the molecule is COc1cc(OC)cc(C(C)(C)OC(=O)N[C@@H](COC(C)(C)C)C(=O)N2CCc3cc([N+](=O)[O-])cc([N+](=O)[O-])c32)c1. The summed E-state index contributed by atoms with van der Waals surface area (Å²) in [5, 5.41) is 25.6. The number of amides is 2. The Balaban J connectivity index is 1.90. The first-order chi connectivity index (χ1) is 19.1. The van der Waals surface area contributed by atoms with Crippen molar-refractivity contribution in [2.45, 2.75) is 58.3 Å². The third-order valence-electron chi connectivity index (χ3n) is 6.37. The fourth-order valence-corrected chi connectivity index (χ4v) is 4.29. The van der Waals surface area contributed by atoms with Gasteiger partial charge in [0.05, 0.1) is 42.3 Å². The van der Waals surface area contributed by atoms with Crippen molar-refractivity contribution >= 4 is 29.1 Å². The molecule has 14 heteroatoms. The average Bonchev–Trinajstić information content (AvgIpc) is 3.32. The number of nitro groups is 2. The van der Waals surface area contributed by atoms with Gasteiger partial charge in [-0.25, -0.2) is 4.79 Å². The number of carbonyl (C=O) groups is 2. The molecule has 0 aromatic heterocycles. The first-order valence-corrected chi connectivity index (χ1v) is 12.7. The van der Waals surface area contributed by atoms with Gasteiger partial charge in [0, 0.05) is 24.2 Å².